The number of carbonyl (C=O) groups is 1. The Balaban J connectivity index is 1.89. The first-order chi connectivity index (χ1) is 10.8. The summed E-state index contributed by atoms with van der Waals surface area (Å²) in [5.41, 5.74) is 2.38. The van der Waals surface area contributed by atoms with Gasteiger partial charge < -0.3 is 5.32 Å². The minimum absolute atomic E-state index is 0.160. The molecular formula is C18H17N3O. The maximum absolute atomic E-state index is 12.6. The first-order valence-corrected chi connectivity index (χ1v) is 7.27. The Morgan fingerprint density at radius 2 is 1.82 bits per heavy atom. The average Bonchev–Trinajstić information content (AvgIpc) is 2.57. The van der Waals surface area contributed by atoms with Crippen molar-refractivity contribution in [1.82, 2.24) is 4.98 Å². The van der Waals surface area contributed by atoms with E-state index in [1.54, 1.807) is 11.1 Å². The van der Waals surface area contributed by atoms with E-state index in [0.717, 1.165) is 22.3 Å². The highest BCUT2D eigenvalue weighted by Gasteiger charge is 2.14. The van der Waals surface area contributed by atoms with Gasteiger partial charge in [0.15, 0.2) is 0 Å². The molecule has 0 aliphatic heterocycles. The second kappa shape index (κ2) is 6.26. The topological polar surface area (TPSA) is 45.2 Å². The maximum atomic E-state index is 12.6. The van der Waals surface area contributed by atoms with E-state index in [1.807, 2.05) is 67.6 Å². The van der Waals surface area contributed by atoms with Crippen LogP contribution >= 0.6 is 0 Å². The van der Waals surface area contributed by atoms with Crippen LogP contribution in [0.4, 0.5) is 16.2 Å². The van der Waals surface area contributed by atoms with E-state index >= 15 is 0 Å². The molecule has 0 unspecified atom stereocenters. The fourth-order valence-electron chi connectivity index (χ4n) is 2.44. The summed E-state index contributed by atoms with van der Waals surface area (Å²) in [6, 6.07) is 19.1. The van der Waals surface area contributed by atoms with Crippen LogP contribution in [0, 0.1) is 0 Å². The lowest BCUT2D eigenvalue weighted by atomic mass is 10.2. The maximum Gasteiger partial charge on any atom is 0.326 e. The van der Waals surface area contributed by atoms with Gasteiger partial charge in [0, 0.05) is 23.8 Å². The summed E-state index contributed by atoms with van der Waals surface area (Å²) in [6.45, 7) is 2.54. The van der Waals surface area contributed by atoms with Gasteiger partial charge in [0.2, 0.25) is 0 Å². The van der Waals surface area contributed by atoms with Crippen molar-refractivity contribution in [1.29, 1.82) is 0 Å². The molecule has 0 bridgehead atoms. The van der Waals surface area contributed by atoms with E-state index in [2.05, 4.69) is 10.3 Å². The third kappa shape index (κ3) is 2.76. The summed E-state index contributed by atoms with van der Waals surface area (Å²) in [5, 5.41) is 3.96. The number of hydrogen-bond donors (Lipinski definition) is 1. The van der Waals surface area contributed by atoms with Crippen LogP contribution in [0.2, 0.25) is 0 Å². The molecule has 2 aromatic carbocycles. The minimum atomic E-state index is -0.160. The summed E-state index contributed by atoms with van der Waals surface area (Å²) >= 11 is 0. The van der Waals surface area contributed by atoms with Gasteiger partial charge in [0.25, 0.3) is 0 Å². The summed E-state index contributed by atoms with van der Waals surface area (Å²) in [6.07, 6.45) is 1.73. The molecule has 0 saturated heterocycles. The average molecular weight is 291 g/mol. The molecule has 2 amide bonds. The fraction of sp³-hybridized carbons (Fsp3) is 0.111. The van der Waals surface area contributed by atoms with Crippen molar-refractivity contribution in [2.45, 2.75) is 6.92 Å². The molecule has 4 heteroatoms. The summed E-state index contributed by atoms with van der Waals surface area (Å²) in [4.78, 5) is 18.6. The predicted molar refractivity (Wildman–Crippen MR) is 90.2 cm³/mol. The van der Waals surface area contributed by atoms with Crippen molar-refractivity contribution >= 4 is 28.3 Å². The van der Waals surface area contributed by atoms with Crippen LogP contribution in [0.15, 0.2) is 66.9 Å². The number of nitrogens with zero attached hydrogens (tertiary/aromatic N) is 2. The molecule has 0 fully saturated rings. The number of amides is 2. The van der Waals surface area contributed by atoms with Crippen molar-refractivity contribution in [3.63, 3.8) is 0 Å². The Hall–Kier alpha value is -2.88. The third-order valence-corrected chi connectivity index (χ3v) is 3.50. The van der Waals surface area contributed by atoms with Gasteiger partial charge in [-0.3, -0.25) is 9.88 Å². The number of pyridine rings is 1. The summed E-state index contributed by atoms with van der Waals surface area (Å²) in [5.74, 6) is 0. The second-order valence-corrected chi connectivity index (χ2v) is 4.89. The molecular weight excluding hydrogens is 274 g/mol. The van der Waals surface area contributed by atoms with Crippen molar-refractivity contribution in [2.24, 2.45) is 0 Å². The van der Waals surface area contributed by atoms with Gasteiger partial charge in [-0.15, -0.1) is 0 Å². The van der Waals surface area contributed by atoms with Crippen molar-refractivity contribution in [3.8, 4) is 0 Å². The van der Waals surface area contributed by atoms with Gasteiger partial charge in [-0.2, -0.15) is 0 Å². The number of urea groups is 1. The van der Waals surface area contributed by atoms with Gasteiger partial charge >= 0.3 is 6.03 Å². The highest BCUT2D eigenvalue weighted by molar-refractivity contribution is 6.06. The molecule has 0 aliphatic rings. The van der Waals surface area contributed by atoms with E-state index in [1.165, 1.54) is 0 Å². The number of carbonyl (C=O) groups excluding carboxylic acids is 1. The highest BCUT2D eigenvalue weighted by Crippen LogP contribution is 2.22. The summed E-state index contributed by atoms with van der Waals surface area (Å²) in [7, 11) is 0. The standard InChI is InChI=1S/C18H17N3O/c1-2-21(15-10-4-3-5-11-15)18(22)20-16-12-6-8-14-9-7-13-19-17(14)16/h3-13H,2H2,1H3,(H,20,22). The van der Waals surface area contributed by atoms with E-state index < -0.39 is 0 Å². The number of rotatable bonds is 3. The number of nitrogens with one attached hydrogen (secondary N) is 1. The number of hydrogen-bond acceptors (Lipinski definition) is 2. The van der Waals surface area contributed by atoms with Gasteiger partial charge in [-0.25, -0.2) is 4.79 Å². The molecule has 3 rings (SSSR count). The lowest BCUT2D eigenvalue weighted by molar-refractivity contribution is 0.257. The molecule has 1 N–H and O–H groups in total. The van der Waals surface area contributed by atoms with E-state index in [0.29, 0.717) is 6.54 Å². The second-order valence-electron chi connectivity index (χ2n) is 4.89. The molecule has 4 nitrogen and oxygen atoms in total. The minimum Gasteiger partial charge on any atom is -0.305 e. The van der Waals surface area contributed by atoms with Crippen LogP contribution in [0.25, 0.3) is 10.9 Å². The van der Waals surface area contributed by atoms with Gasteiger partial charge in [0.1, 0.15) is 0 Å². The van der Waals surface area contributed by atoms with E-state index in [4.69, 9.17) is 0 Å². The van der Waals surface area contributed by atoms with Crippen LogP contribution in [-0.2, 0) is 0 Å². The van der Waals surface area contributed by atoms with Crippen LogP contribution in [0.3, 0.4) is 0 Å². The highest BCUT2D eigenvalue weighted by atomic mass is 16.2. The van der Waals surface area contributed by atoms with E-state index in [9.17, 15) is 4.79 Å². The molecule has 22 heavy (non-hydrogen) atoms. The van der Waals surface area contributed by atoms with Crippen LogP contribution < -0.4 is 10.2 Å². The smallest absolute Gasteiger partial charge is 0.305 e. The molecule has 0 radical (unpaired) electrons. The molecule has 1 aromatic heterocycles. The van der Waals surface area contributed by atoms with Crippen LogP contribution in [-0.4, -0.2) is 17.6 Å². The number of aromatic nitrogens is 1. The first-order valence-electron chi connectivity index (χ1n) is 7.27. The number of para-hydroxylation sites is 2. The Labute approximate surface area is 129 Å². The monoisotopic (exact) mass is 291 g/mol. The largest absolute Gasteiger partial charge is 0.326 e. The summed E-state index contributed by atoms with van der Waals surface area (Å²) < 4.78 is 0. The first kappa shape index (κ1) is 14.1. The van der Waals surface area contributed by atoms with Crippen LogP contribution in [0.1, 0.15) is 6.92 Å². The number of anilines is 2. The zero-order valence-corrected chi connectivity index (χ0v) is 12.4. The molecule has 1 heterocycles. The Kier molecular flexibility index (Phi) is 4.01. The van der Waals surface area contributed by atoms with Crippen molar-refractivity contribution in [3.05, 3.63) is 66.9 Å². The quantitative estimate of drug-likeness (QED) is 0.782. The third-order valence-electron chi connectivity index (χ3n) is 3.50. The normalized spacial score (nSPS) is 10.4. The van der Waals surface area contributed by atoms with Crippen LogP contribution in [0.5, 0.6) is 0 Å². The SMILES string of the molecule is CCN(C(=O)Nc1cccc2cccnc12)c1ccccc1. The number of benzene rings is 2. The number of fused-ring (bicyclic) bond motifs is 1. The van der Waals surface area contributed by atoms with Gasteiger partial charge in [-0.05, 0) is 31.2 Å². The lowest BCUT2D eigenvalue weighted by Gasteiger charge is -2.21. The predicted octanol–water partition coefficient (Wildman–Crippen LogP) is 4.29. The van der Waals surface area contributed by atoms with E-state index in [-0.39, 0.29) is 6.03 Å². The van der Waals surface area contributed by atoms with Gasteiger partial charge in [-0.1, -0.05) is 36.4 Å². The van der Waals surface area contributed by atoms with Gasteiger partial charge in [0.05, 0.1) is 11.2 Å². The molecule has 3 aromatic rings. The zero-order chi connectivity index (χ0) is 15.4. The molecule has 0 atom stereocenters. The fourth-order valence-corrected chi connectivity index (χ4v) is 2.44. The Morgan fingerprint density at radius 3 is 2.59 bits per heavy atom. The molecule has 0 spiro atoms. The lowest BCUT2D eigenvalue weighted by Crippen LogP contribution is -2.34. The van der Waals surface area contributed by atoms with Crippen molar-refractivity contribution in [2.75, 3.05) is 16.8 Å². The molecule has 0 aliphatic carbocycles. The Bertz CT molecular complexity index is 781. The Morgan fingerprint density at radius 1 is 1.05 bits per heavy atom. The zero-order valence-electron chi connectivity index (χ0n) is 12.4. The molecule has 110 valence electrons. The molecule has 0 saturated carbocycles. The van der Waals surface area contributed by atoms with Crippen molar-refractivity contribution < 1.29 is 4.79 Å².